The number of fused-ring (bicyclic) bond motifs is 1. The fraction of sp³-hybridized carbons (Fsp3) is 0.0588. The molecule has 106 valence electrons. The Morgan fingerprint density at radius 1 is 1.10 bits per heavy atom. The zero-order chi connectivity index (χ0) is 14.7. The molecule has 0 saturated heterocycles. The molecule has 0 amide bonds. The van der Waals surface area contributed by atoms with E-state index in [2.05, 4.69) is 12.1 Å². The first kappa shape index (κ1) is 13.5. The van der Waals surface area contributed by atoms with E-state index in [1.54, 1.807) is 42.9 Å². The second-order valence-electron chi connectivity index (χ2n) is 4.49. The minimum atomic E-state index is 0.163. The van der Waals surface area contributed by atoms with Gasteiger partial charge in [0.2, 0.25) is 0 Å². The molecule has 0 radical (unpaired) electrons. The zero-order valence-corrected chi connectivity index (χ0v) is 12.3. The van der Waals surface area contributed by atoms with Gasteiger partial charge in [-0.25, -0.2) is 0 Å². The van der Waals surface area contributed by atoms with E-state index >= 15 is 0 Å². The summed E-state index contributed by atoms with van der Waals surface area (Å²) in [6.07, 6.45) is 3.39. The number of phenols is 1. The number of aromatic hydroxyl groups is 1. The van der Waals surface area contributed by atoms with Gasteiger partial charge in [0.15, 0.2) is 5.06 Å². The topological polar surface area (TPSA) is 38.7 Å². The molecule has 2 aromatic carbocycles. The van der Waals surface area contributed by atoms with Crippen molar-refractivity contribution in [1.82, 2.24) is 0 Å². The Labute approximate surface area is 126 Å². The quantitative estimate of drug-likeness (QED) is 0.712. The lowest BCUT2D eigenvalue weighted by Gasteiger charge is -2.02. The lowest BCUT2D eigenvalue weighted by molar-refractivity contribution is 0.407. The Balaban J connectivity index is 1.76. The fourth-order valence-corrected chi connectivity index (χ4v) is 2.91. The van der Waals surface area contributed by atoms with Crippen molar-refractivity contribution in [2.45, 2.75) is 0 Å². The van der Waals surface area contributed by atoms with E-state index < -0.39 is 0 Å². The van der Waals surface area contributed by atoms with Crippen LogP contribution in [0.2, 0.25) is 0 Å². The van der Waals surface area contributed by atoms with Crippen LogP contribution in [0.4, 0.5) is 0 Å². The summed E-state index contributed by atoms with van der Waals surface area (Å²) in [5.74, 6) is 0.771. The summed E-state index contributed by atoms with van der Waals surface area (Å²) in [7, 11) is 1.57. The van der Waals surface area contributed by atoms with Crippen molar-refractivity contribution >= 4 is 27.5 Å². The van der Waals surface area contributed by atoms with E-state index in [0.717, 1.165) is 10.6 Å². The average Bonchev–Trinajstić information content (AvgIpc) is 2.89. The third-order valence-corrected chi connectivity index (χ3v) is 4.00. The fourth-order valence-electron chi connectivity index (χ4n) is 2.02. The van der Waals surface area contributed by atoms with Crippen LogP contribution in [0, 0.1) is 0 Å². The number of benzene rings is 2. The first-order chi connectivity index (χ1) is 10.2. The maximum absolute atomic E-state index is 9.58. The van der Waals surface area contributed by atoms with Crippen LogP contribution in [-0.2, 0) is 0 Å². The Bertz CT molecular complexity index is 757. The maximum atomic E-state index is 9.58. The van der Waals surface area contributed by atoms with Gasteiger partial charge in [-0.05, 0) is 35.2 Å². The van der Waals surface area contributed by atoms with Gasteiger partial charge >= 0.3 is 0 Å². The van der Waals surface area contributed by atoms with Gasteiger partial charge in [0.05, 0.1) is 13.4 Å². The minimum Gasteiger partial charge on any atom is -0.508 e. The SMILES string of the molecule is COc1cc(O)cc(/C=C/Oc2cc3ccccc3s2)c1. The van der Waals surface area contributed by atoms with Crippen molar-refractivity contribution in [3.05, 3.63) is 60.4 Å². The van der Waals surface area contributed by atoms with Crippen LogP contribution in [0.5, 0.6) is 16.6 Å². The van der Waals surface area contributed by atoms with E-state index in [1.165, 1.54) is 10.1 Å². The van der Waals surface area contributed by atoms with E-state index in [1.807, 2.05) is 24.3 Å². The standard InChI is InChI=1S/C17H14O3S/c1-19-15-9-12(8-14(18)11-15)6-7-20-17-10-13-4-2-3-5-16(13)21-17/h2-11,18H,1H3/b7-6+. The highest BCUT2D eigenvalue weighted by atomic mass is 32.1. The molecule has 0 aliphatic carbocycles. The smallest absolute Gasteiger partial charge is 0.181 e. The van der Waals surface area contributed by atoms with Crippen molar-refractivity contribution < 1.29 is 14.6 Å². The molecule has 0 aliphatic rings. The lowest BCUT2D eigenvalue weighted by atomic mass is 10.2. The van der Waals surface area contributed by atoms with Crippen LogP contribution in [0.3, 0.4) is 0 Å². The van der Waals surface area contributed by atoms with Crippen LogP contribution < -0.4 is 9.47 Å². The molecular formula is C17H14O3S. The maximum Gasteiger partial charge on any atom is 0.181 e. The van der Waals surface area contributed by atoms with Crippen LogP contribution in [0.15, 0.2) is 54.8 Å². The molecule has 3 rings (SSSR count). The van der Waals surface area contributed by atoms with Gasteiger partial charge in [-0.2, -0.15) is 0 Å². The Morgan fingerprint density at radius 3 is 2.76 bits per heavy atom. The number of hydrogen-bond donors (Lipinski definition) is 1. The van der Waals surface area contributed by atoms with Gasteiger partial charge in [-0.1, -0.05) is 29.5 Å². The van der Waals surface area contributed by atoms with Crippen LogP contribution in [0.25, 0.3) is 16.2 Å². The predicted molar refractivity (Wildman–Crippen MR) is 86.1 cm³/mol. The Hall–Kier alpha value is -2.46. The summed E-state index contributed by atoms with van der Waals surface area (Å²) >= 11 is 1.60. The van der Waals surface area contributed by atoms with Crippen molar-refractivity contribution in [2.75, 3.05) is 7.11 Å². The molecule has 21 heavy (non-hydrogen) atoms. The molecule has 0 atom stereocenters. The highest BCUT2D eigenvalue weighted by Gasteiger charge is 2.01. The lowest BCUT2D eigenvalue weighted by Crippen LogP contribution is -1.84. The van der Waals surface area contributed by atoms with Gasteiger partial charge in [0.1, 0.15) is 11.5 Å². The van der Waals surface area contributed by atoms with Gasteiger partial charge in [0.25, 0.3) is 0 Å². The second-order valence-corrected chi connectivity index (χ2v) is 5.53. The highest BCUT2D eigenvalue weighted by molar-refractivity contribution is 7.20. The van der Waals surface area contributed by atoms with Gasteiger partial charge in [0, 0.05) is 16.8 Å². The molecule has 3 aromatic rings. The van der Waals surface area contributed by atoms with Gasteiger partial charge in [-0.15, -0.1) is 0 Å². The van der Waals surface area contributed by atoms with Gasteiger partial charge < -0.3 is 14.6 Å². The Morgan fingerprint density at radius 2 is 1.95 bits per heavy atom. The van der Waals surface area contributed by atoms with E-state index in [-0.39, 0.29) is 5.75 Å². The second kappa shape index (κ2) is 5.89. The summed E-state index contributed by atoms with van der Waals surface area (Å²) in [5, 5.41) is 11.6. The Kier molecular flexibility index (Phi) is 3.79. The molecule has 1 heterocycles. The summed E-state index contributed by atoms with van der Waals surface area (Å²) in [6, 6.07) is 15.2. The molecule has 0 aliphatic heterocycles. The number of thiophene rings is 1. The summed E-state index contributed by atoms with van der Waals surface area (Å²) in [5.41, 5.74) is 0.813. The average molecular weight is 298 g/mol. The van der Waals surface area contributed by atoms with Crippen LogP contribution >= 0.6 is 11.3 Å². The number of hydrogen-bond acceptors (Lipinski definition) is 4. The van der Waals surface area contributed by atoms with Gasteiger partial charge in [-0.3, -0.25) is 0 Å². The summed E-state index contributed by atoms with van der Waals surface area (Å²) in [6.45, 7) is 0. The molecule has 0 unspecified atom stereocenters. The monoisotopic (exact) mass is 298 g/mol. The molecule has 1 aromatic heterocycles. The predicted octanol–water partition coefficient (Wildman–Crippen LogP) is 4.67. The molecular weight excluding hydrogens is 284 g/mol. The number of rotatable bonds is 4. The molecule has 0 fully saturated rings. The zero-order valence-electron chi connectivity index (χ0n) is 11.4. The minimum absolute atomic E-state index is 0.163. The number of methoxy groups -OCH3 is 1. The van der Waals surface area contributed by atoms with E-state index in [4.69, 9.17) is 9.47 Å². The molecule has 4 heteroatoms. The first-order valence-corrected chi connectivity index (χ1v) is 7.26. The van der Waals surface area contributed by atoms with Crippen molar-refractivity contribution in [2.24, 2.45) is 0 Å². The third-order valence-electron chi connectivity index (χ3n) is 3.00. The highest BCUT2D eigenvalue weighted by Crippen LogP contribution is 2.31. The largest absolute Gasteiger partial charge is 0.508 e. The van der Waals surface area contributed by atoms with E-state index in [9.17, 15) is 5.11 Å². The van der Waals surface area contributed by atoms with Crippen LogP contribution in [-0.4, -0.2) is 12.2 Å². The number of ether oxygens (including phenoxy) is 2. The molecule has 0 bridgehead atoms. The molecule has 0 spiro atoms. The van der Waals surface area contributed by atoms with Crippen molar-refractivity contribution in [1.29, 1.82) is 0 Å². The summed E-state index contributed by atoms with van der Waals surface area (Å²) < 4.78 is 11.9. The molecule has 1 N–H and O–H groups in total. The van der Waals surface area contributed by atoms with Crippen molar-refractivity contribution in [3.63, 3.8) is 0 Å². The third kappa shape index (κ3) is 3.17. The normalized spacial score (nSPS) is 11.1. The number of phenolic OH excluding ortho intramolecular Hbond substituents is 1. The van der Waals surface area contributed by atoms with Crippen LogP contribution in [0.1, 0.15) is 5.56 Å². The van der Waals surface area contributed by atoms with E-state index in [0.29, 0.717) is 5.75 Å². The van der Waals surface area contributed by atoms with Crippen molar-refractivity contribution in [3.8, 4) is 16.6 Å². The molecule has 0 saturated carbocycles. The molecule has 3 nitrogen and oxygen atoms in total. The summed E-state index contributed by atoms with van der Waals surface area (Å²) in [4.78, 5) is 0. The first-order valence-electron chi connectivity index (χ1n) is 6.44.